The lowest BCUT2D eigenvalue weighted by molar-refractivity contribution is -0.128. The Labute approximate surface area is 179 Å². The molecule has 1 saturated carbocycles. The Kier molecular flexibility index (Phi) is 5.90. The molecular weight excluding hydrogens is 401 g/mol. The minimum atomic E-state index is -0.550. The van der Waals surface area contributed by atoms with E-state index in [2.05, 4.69) is 19.2 Å². The molecule has 30 heavy (non-hydrogen) atoms. The Morgan fingerprint density at radius 1 is 1.20 bits per heavy atom. The first-order valence-electron chi connectivity index (χ1n) is 10.1. The second kappa shape index (κ2) is 8.60. The molecule has 0 bridgehead atoms. The number of amides is 2. The van der Waals surface area contributed by atoms with Crippen molar-refractivity contribution in [2.75, 3.05) is 5.32 Å². The normalized spacial score (nSPS) is 20.3. The summed E-state index contributed by atoms with van der Waals surface area (Å²) in [5, 5.41) is 2.65. The third-order valence-electron chi connectivity index (χ3n) is 5.18. The SMILES string of the molecule is CC(C)c1ccc(N=C2SC(CC(=O)Nc3ccccc3F)C(=O)N2C2CC2)cc1. The van der Waals surface area contributed by atoms with E-state index in [9.17, 15) is 14.0 Å². The van der Waals surface area contributed by atoms with Crippen LogP contribution in [0, 0.1) is 5.82 Å². The molecular formula is C23H24FN3O2S. The quantitative estimate of drug-likeness (QED) is 0.703. The first-order valence-corrected chi connectivity index (χ1v) is 11.0. The number of rotatable bonds is 6. The van der Waals surface area contributed by atoms with Crippen molar-refractivity contribution in [2.45, 2.75) is 50.3 Å². The molecule has 0 aromatic heterocycles. The molecule has 2 amide bonds. The number of nitrogens with zero attached hydrogens (tertiary/aromatic N) is 2. The zero-order chi connectivity index (χ0) is 21.3. The highest BCUT2D eigenvalue weighted by Crippen LogP contribution is 2.39. The maximum absolute atomic E-state index is 13.8. The van der Waals surface area contributed by atoms with Crippen LogP contribution < -0.4 is 5.32 Å². The largest absolute Gasteiger partial charge is 0.324 e. The molecule has 2 aromatic rings. The van der Waals surface area contributed by atoms with Crippen LogP contribution in [-0.2, 0) is 9.59 Å². The molecule has 1 atom stereocenters. The molecule has 1 saturated heterocycles. The van der Waals surface area contributed by atoms with Gasteiger partial charge in [0, 0.05) is 12.5 Å². The van der Waals surface area contributed by atoms with Gasteiger partial charge in [-0.1, -0.05) is 49.9 Å². The summed E-state index contributed by atoms with van der Waals surface area (Å²) < 4.78 is 13.8. The summed E-state index contributed by atoms with van der Waals surface area (Å²) >= 11 is 1.32. The maximum atomic E-state index is 13.8. The van der Waals surface area contributed by atoms with Gasteiger partial charge in [0.25, 0.3) is 0 Å². The Balaban J connectivity index is 1.48. The van der Waals surface area contributed by atoms with Gasteiger partial charge in [-0.3, -0.25) is 14.5 Å². The summed E-state index contributed by atoms with van der Waals surface area (Å²) in [6.07, 6.45) is 1.88. The van der Waals surface area contributed by atoms with Crippen molar-refractivity contribution in [1.29, 1.82) is 0 Å². The topological polar surface area (TPSA) is 61.8 Å². The lowest BCUT2D eigenvalue weighted by atomic mass is 10.0. The standard InChI is InChI=1S/C23H24FN3O2S/c1-14(2)15-7-9-16(10-8-15)25-23-27(17-11-12-17)22(29)20(30-23)13-21(28)26-19-6-4-3-5-18(19)24/h3-10,14,17,20H,11-13H2,1-2H3,(H,26,28). The van der Waals surface area contributed by atoms with Crippen LogP contribution in [0.15, 0.2) is 53.5 Å². The molecule has 1 unspecified atom stereocenters. The van der Waals surface area contributed by atoms with Gasteiger partial charge in [-0.05, 0) is 48.6 Å². The van der Waals surface area contributed by atoms with E-state index in [1.165, 1.54) is 29.5 Å². The number of anilines is 1. The van der Waals surface area contributed by atoms with Crippen LogP contribution in [0.3, 0.4) is 0 Å². The van der Waals surface area contributed by atoms with Crippen LogP contribution in [0.5, 0.6) is 0 Å². The number of amidine groups is 1. The van der Waals surface area contributed by atoms with E-state index in [1.807, 2.05) is 24.3 Å². The van der Waals surface area contributed by atoms with Gasteiger partial charge in [-0.25, -0.2) is 9.38 Å². The number of hydrogen-bond donors (Lipinski definition) is 1. The number of benzene rings is 2. The predicted molar refractivity (Wildman–Crippen MR) is 119 cm³/mol. The smallest absolute Gasteiger partial charge is 0.242 e. The summed E-state index contributed by atoms with van der Waals surface area (Å²) in [4.78, 5) is 31.8. The second-order valence-corrected chi connectivity index (χ2v) is 9.09. The van der Waals surface area contributed by atoms with Crippen LogP contribution in [0.25, 0.3) is 0 Å². The number of hydrogen-bond acceptors (Lipinski definition) is 4. The van der Waals surface area contributed by atoms with Gasteiger partial charge in [0.05, 0.1) is 11.4 Å². The van der Waals surface area contributed by atoms with Crippen LogP contribution in [0.2, 0.25) is 0 Å². The van der Waals surface area contributed by atoms with E-state index in [-0.39, 0.29) is 30.0 Å². The Morgan fingerprint density at radius 3 is 2.53 bits per heavy atom. The molecule has 5 nitrogen and oxygen atoms in total. The van der Waals surface area contributed by atoms with E-state index in [1.54, 1.807) is 17.0 Å². The summed E-state index contributed by atoms with van der Waals surface area (Å²) in [5.41, 5.74) is 2.14. The highest BCUT2D eigenvalue weighted by Gasteiger charge is 2.46. The highest BCUT2D eigenvalue weighted by molar-refractivity contribution is 8.15. The van der Waals surface area contributed by atoms with Crippen molar-refractivity contribution in [3.05, 3.63) is 59.9 Å². The number of carbonyl (C=O) groups excluding carboxylic acids is 2. The third-order valence-corrected chi connectivity index (χ3v) is 6.33. The number of halogens is 1. The number of para-hydroxylation sites is 1. The van der Waals surface area contributed by atoms with Gasteiger partial charge in [-0.15, -0.1) is 0 Å². The molecule has 0 radical (unpaired) electrons. The minimum Gasteiger partial charge on any atom is -0.324 e. The molecule has 1 heterocycles. The molecule has 2 aliphatic rings. The Hall–Kier alpha value is -2.67. The van der Waals surface area contributed by atoms with E-state index in [4.69, 9.17) is 4.99 Å². The number of nitrogens with one attached hydrogen (secondary N) is 1. The summed E-state index contributed by atoms with van der Waals surface area (Å²) in [5.74, 6) is -0.537. The zero-order valence-corrected chi connectivity index (χ0v) is 17.8. The average Bonchev–Trinajstić information content (AvgIpc) is 3.50. The van der Waals surface area contributed by atoms with E-state index >= 15 is 0 Å². The van der Waals surface area contributed by atoms with Crippen molar-refractivity contribution in [3.63, 3.8) is 0 Å². The molecule has 7 heteroatoms. The molecule has 0 spiro atoms. The molecule has 2 aromatic carbocycles. The first kappa shape index (κ1) is 20.6. The Bertz CT molecular complexity index is 986. The summed E-state index contributed by atoms with van der Waals surface area (Å²) in [6.45, 7) is 4.27. The monoisotopic (exact) mass is 425 g/mol. The first-order chi connectivity index (χ1) is 14.4. The van der Waals surface area contributed by atoms with Gasteiger partial charge in [0.15, 0.2) is 5.17 Å². The number of thioether (sulfide) groups is 1. The van der Waals surface area contributed by atoms with Crippen molar-refractivity contribution in [1.82, 2.24) is 4.90 Å². The summed E-state index contributed by atoms with van der Waals surface area (Å²) in [7, 11) is 0. The zero-order valence-electron chi connectivity index (χ0n) is 17.0. The lowest BCUT2D eigenvalue weighted by Crippen LogP contribution is -2.35. The average molecular weight is 426 g/mol. The van der Waals surface area contributed by atoms with Gasteiger partial charge >= 0.3 is 0 Å². The van der Waals surface area contributed by atoms with Gasteiger partial charge in [0.1, 0.15) is 11.1 Å². The molecule has 4 rings (SSSR count). The van der Waals surface area contributed by atoms with Crippen molar-refractivity contribution in [2.24, 2.45) is 4.99 Å². The maximum Gasteiger partial charge on any atom is 0.242 e. The fourth-order valence-corrected chi connectivity index (χ4v) is 4.55. The number of aliphatic imine (C=N–C) groups is 1. The molecule has 2 fully saturated rings. The molecule has 1 aliphatic carbocycles. The third kappa shape index (κ3) is 4.56. The van der Waals surface area contributed by atoms with Crippen LogP contribution in [0.1, 0.15) is 44.6 Å². The van der Waals surface area contributed by atoms with Crippen LogP contribution >= 0.6 is 11.8 Å². The van der Waals surface area contributed by atoms with E-state index in [0.717, 1.165) is 18.5 Å². The van der Waals surface area contributed by atoms with Gasteiger partial charge in [-0.2, -0.15) is 0 Å². The van der Waals surface area contributed by atoms with Gasteiger partial charge < -0.3 is 5.32 Å². The van der Waals surface area contributed by atoms with Crippen LogP contribution in [-0.4, -0.2) is 33.2 Å². The van der Waals surface area contributed by atoms with E-state index in [0.29, 0.717) is 11.1 Å². The fourth-order valence-electron chi connectivity index (χ4n) is 3.34. The van der Waals surface area contributed by atoms with E-state index < -0.39 is 11.1 Å². The Morgan fingerprint density at radius 2 is 1.90 bits per heavy atom. The molecule has 1 N–H and O–H groups in total. The lowest BCUT2D eigenvalue weighted by Gasteiger charge is -2.15. The summed E-state index contributed by atoms with van der Waals surface area (Å²) in [6, 6.07) is 14.2. The second-order valence-electron chi connectivity index (χ2n) is 7.92. The minimum absolute atomic E-state index is 0.0215. The number of carbonyl (C=O) groups is 2. The fraction of sp³-hybridized carbons (Fsp3) is 0.348. The molecule has 156 valence electrons. The molecule has 1 aliphatic heterocycles. The highest BCUT2D eigenvalue weighted by atomic mass is 32.2. The van der Waals surface area contributed by atoms with Crippen molar-refractivity contribution in [3.8, 4) is 0 Å². The van der Waals surface area contributed by atoms with Crippen molar-refractivity contribution < 1.29 is 14.0 Å². The van der Waals surface area contributed by atoms with Crippen LogP contribution in [0.4, 0.5) is 15.8 Å². The van der Waals surface area contributed by atoms with Gasteiger partial charge in [0.2, 0.25) is 11.8 Å². The van der Waals surface area contributed by atoms with Crippen molar-refractivity contribution >= 4 is 40.1 Å². The predicted octanol–water partition coefficient (Wildman–Crippen LogP) is 5.07.